The molecule has 126 valence electrons. The van der Waals surface area contributed by atoms with Crippen molar-refractivity contribution in [2.24, 2.45) is 0 Å². The SMILES string of the molecule is O=C(NC(C(=O)NCc1ccco1)c1ccccc1)c1ccccc1. The Balaban J connectivity index is 1.75. The third kappa shape index (κ3) is 4.35. The van der Waals surface area contributed by atoms with Gasteiger partial charge in [-0.15, -0.1) is 0 Å². The molecule has 0 radical (unpaired) electrons. The predicted molar refractivity (Wildman–Crippen MR) is 93.6 cm³/mol. The summed E-state index contributed by atoms with van der Waals surface area (Å²) in [4.78, 5) is 25.1. The molecule has 5 nitrogen and oxygen atoms in total. The predicted octanol–water partition coefficient (Wildman–Crippen LogP) is 3.07. The molecule has 0 aliphatic carbocycles. The number of carbonyl (C=O) groups is 2. The number of benzene rings is 2. The summed E-state index contributed by atoms with van der Waals surface area (Å²) >= 11 is 0. The Kier molecular flexibility index (Phi) is 5.26. The molecular weight excluding hydrogens is 316 g/mol. The second-order valence-corrected chi connectivity index (χ2v) is 5.48. The van der Waals surface area contributed by atoms with Gasteiger partial charge in [-0.25, -0.2) is 0 Å². The minimum atomic E-state index is -0.788. The van der Waals surface area contributed by atoms with Gasteiger partial charge >= 0.3 is 0 Å². The molecule has 5 heteroatoms. The average Bonchev–Trinajstić information content (AvgIpc) is 3.19. The molecule has 1 aromatic heterocycles. The molecule has 0 aliphatic heterocycles. The highest BCUT2D eigenvalue weighted by atomic mass is 16.3. The zero-order valence-corrected chi connectivity index (χ0v) is 13.5. The molecule has 25 heavy (non-hydrogen) atoms. The number of hydrogen-bond donors (Lipinski definition) is 2. The van der Waals surface area contributed by atoms with E-state index in [9.17, 15) is 9.59 Å². The first-order chi connectivity index (χ1) is 12.2. The minimum Gasteiger partial charge on any atom is -0.467 e. The van der Waals surface area contributed by atoms with Crippen molar-refractivity contribution in [3.8, 4) is 0 Å². The first-order valence-electron chi connectivity index (χ1n) is 7.95. The Bertz CT molecular complexity index is 815. The molecule has 3 rings (SSSR count). The molecule has 1 unspecified atom stereocenters. The number of furan rings is 1. The number of amides is 2. The lowest BCUT2D eigenvalue weighted by Gasteiger charge is -2.18. The van der Waals surface area contributed by atoms with Crippen LogP contribution in [-0.2, 0) is 11.3 Å². The van der Waals surface area contributed by atoms with Gasteiger partial charge in [-0.05, 0) is 29.8 Å². The summed E-state index contributed by atoms with van der Waals surface area (Å²) in [5.74, 6) is 0.0454. The van der Waals surface area contributed by atoms with Crippen LogP contribution in [0.3, 0.4) is 0 Å². The van der Waals surface area contributed by atoms with Gasteiger partial charge < -0.3 is 15.1 Å². The highest BCUT2D eigenvalue weighted by molar-refractivity contribution is 5.97. The Morgan fingerprint density at radius 1 is 0.880 bits per heavy atom. The largest absolute Gasteiger partial charge is 0.467 e. The molecule has 2 N–H and O–H groups in total. The summed E-state index contributed by atoms with van der Waals surface area (Å²) in [5.41, 5.74) is 1.21. The molecule has 0 fully saturated rings. The van der Waals surface area contributed by atoms with Gasteiger partial charge in [0.25, 0.3) is 5.91 Å². The Morgan fingerprint density at radius 3 is 2.20 bits per heavy atom. The third-order valence-corrected chi connectivity index (χ3v) is 3.72. The van der Waals surface area contributed by atoms with Crippen molar-refractivity contribution in [3.05, 3.63) is 95.9 Å². The van der Waals surface area contributed by atoms with E-state index in [1.54, 1.807) is 42.7 Å². The monoisotopic (exact) mass is 334 g/mol. The van der Waals surface area contributed by atoms with Gasteiger partial charge in [0, 0.05) is 5.56 Å². The maximum atomic E-state index is 12.6. The summed E-state index contributed by atoms with van der Waals surface area (Å²) in [6, 6.07) is 20.7. The van der Waals surface area contributed by atoms with Crippen LogP contribution in [0.25, 0.3) is 0 Å². The topological polar surface area (TPSA) is 71.3 Å². The van der Waals surface area contributed by atoms with Crippen LogP contribution in [-0.4, -0.2) is 11.8 Å². The van der Waals surface area contributed by atoms with Crippen LogP contribution in [0.15, 0.2) is 83.5 Å². The fourth-order valence-corrected chi connectivity index (χ4v) is 2.44. The second-order valence-electron chi connectivity index (χ2n) is 5.48. The number of hydrogen-bond acceptors (Lipinski definition) is 3. The molecular formula is C20H18N2O3. The van der Waals surface area contributed by atoms with E-state index in [2.05, 4.69) is 10.6 Å². The summed E-state index contributed by atoms with van der Waals surface area (Å²) < 4.78 is 5.22. The van der Waals surface area contributed by atoms with Gasteiger partial charge in [0.2, 0.25) is 5.91 Å². The number of carbonyl (C=O) groups excluding carboxylic acids is 2. The molecule has 3 aromatic rings. The second kappa shape index (κ2) is 7.97. The van der Waals surface area contributed by atoms with Crippen LogP contribution in [0.1, 0.15) is 27.7 Å². The molecule has 2 amide bonds. The van der Waals surface area contributed by atoms with Crippen LogP contribution >= 0.6 is 0 Å². The lowest BCUT2D eigenvalue weighted by molar-refractivity contribution is -0.123. The number of nitrogens with one attached hydrogen (secondary N) is 2. The smallest absolute Gasteiger partial charge is 0.252 e. The summed E-state index contributed by atoms with van der Waals surface area (Å²) in [5, 5.41) is 5.59. The molecule has 0 spiro atoms. The average molecular weight is 334 g/mol. The van der Waals surface area contributed by atoms with Crippen molar-refractivity contribution in [2.45, 2.75) is 12.6 Å². The van der Waals surface area contributed by atoms with Gasteiger partial charge in [-0.1, -0.05) is 48.5 Å². The zero-order valence-electron chi connectivity index (χ0n) is 13.5. The van der Waals surface area contributed by atoms with Gasteiger partial charge in [-0.2, -0.15) is 0 Å². The van der Waals surface area contributed by atoms with Crippen molar-refractivity contribution in [3.63, 3.8) is 0 Å². The summed E-state index contributed by atoms with van der Waals surface area (Å²) in [6.45, 7) is 0.260. The van der Waals surface area contributed by atoms with Crippen molar-refractivity contribution in [1.29, 1.82) is 0 Å². The van der Waals surface area contributed by atoms with Crippen LogP contribution < -0.4 is 10.6 Å². The quantitative estimate of drug-likeness (QED) is 0.728. The van der Waals surface area contributed by atoms with E-state index in [4.69, 9.17) is 4.42 Å². The fraction of sp³-hybridized carbons (Fsp3) is 0.100. The number of rotatable bonds is 6. The maximum absolute atomic E-state index is 12.6. The van der Waals surface area contributed by atoms with E-state index in [0.717, 1.165) is 0 Å². The van der Waals surface area contributed by atoms with Crippen LogP contribution in [0.4, 0.5) is 0 Å². The van der Waals surface area contributed by atoms with E-state index in [1.165, 1.54) is 0 Å². The van der Waals surface area contributed by atoms with E-state index in [-0.39, 0.29) is 18.4 Å². The Labute approximate surface area is 145 Å². The molecule has 0 aliphatic rings. The molecule has 1 atom stereocenters. The molecule has 2 aromatic carbocycles. The first kappa shape index (κ1) is 16.5. The minimum absolute atomic E-state index is 0.260. The standard InChI is InChI=1S/C20H18N2O3/c23-19(16-10-5-2-6-11-16)22-18(15-8-3-1-4-9-15)20(24)21-14-17-12-7-13-25-17/h1-13,18H,14H2,(H,21,24)(H,22,23). The van der Waals surface area contributed by atoms with Crippen LogP contribution in [0, 0.1) is 0 Å². The van der Waals surface area contributed by atoms with Crippen LogP contribution in [0.5, 0.6) is 0 Å². The Morgan fingerprint density at radius 2 is 1.56 bits per heavy atom. The van der Waals surface area contributed by atoms with Crippen molar-refractivity contribution in [1.82, 2.24) is 10.6 Å². The maximum Gasteiger partial charge on any atom is 0.252 e. The molecule has 0 saturated heterocycles. The summed E-state index contributed by atoms with van der Waals surface area (Å²) in [6.07, 6.45) is 1.55. The first-order valence-corrected chi connectivity index (χ1v) is 7.95. The van der Waals surface area contributed by atoms with E-state index >= 15 is 0 Å². The van der Waals surface area contributed by atoms with Crippen molar-refractivity contribution < 1.29 is 14.0 Å². The van der Waals surface area contributed by atoms with Crippen LogP contribution in [0.2, 0.25) is 0 Å². The van der Waals surface area contributed by atoms with E-state index in [1.807, 2.05) is 36.4 Å². The normalized spacial score (nSPS) is 11.5. The summed E-state index contributed by atoms with van der Waals surface area (Å²) in [7, 11) is 0. The lowest BCUT2D eigenvalue weighted by Crippen LogP contribution is -2.40. The third-order valence-electron chi connectivity index (χ3n) is 3.72. The highest BCUT2D eigenvalue weighted by Gasteiger charge is 2.23. The van der Waals surface area contributed by atoms with Gasteiger partial charge in [0.05, 0.1) is 12.8 Å². The van der Waals surface area contributed by atoms with Crippen molar-refractivity contribution in [2.75, 3.05) is 0 Å². The molecule has 0 saturated carbocycles. The van der Waals surface area contributed by atoms with Gasteiger partial charge in [0.1, 0.15) is 11.8 Å². The zero-order chi connectivity index (χ0) is 17.5. The van der Waals surface area contributed by atoms with Gasteiger partial charge in [-0.3, -0.25) is 9.59 Å². The van der Waals surface area contributed by atoms with E-state index in [0.29, 0.717) is 16.9 Å². The lowest BCUT2D eigenvalue weighted by atomic mass is 10.1. The molecule has 0 bridgehead atoms. The van der Waals surface area contributed by atoms with E-state index < -0.39 is 6.04 Å². The van der Waals surface area contributed by atoms with Gasteiger partial charge in [0.15, 0.2) is 0 Å². The molecule has 1 heterocycles. The van der Waals surface area contributed by atoms with Crippen molar-refractivity contribution >= 4 is 11.8 Å². The highest BCUT2D eigenvalue weighted by Crippen LogP contribution is 2.14. The Hall–Kier alpha value is -3.34. The fourth-order valence-electron chi connectivity index (χ4n) is 2.44.